The van der Waals surface area contributed by atoms with Gasteiger partial charge in [-0.2, -0.15) is 0 Å². The van der Waals surface area contributed by atoms with Crippen LogP contribution in [0.25, 0.3) is 0 Å². The van der Waals surface area contributed by atoms with E-state index in [1.54, 1.807) is 4.31 Å². The van der Waals surface area contributed by atoms with Gasteiger partial charge >= 0.3 is 0 Å². The molecule has 1 aliphatic rings. The molecule has 0 aliphatic carbocycles. The Morgan fingerprint density at radius 3 is 2.60 bits per heavy atom. The van der Waals surface area contributed by atoms with Crippen molar-refractivity contribution in [1.82, 2.24) is 9.62 Å². The second-order valence-corrected chi connectivity index (χ2v) is 6.22. The predicted molar refractivity (Wildman–Crippen MR) is 62.3 cm³/mol. The number of hydrogen-bond acceptors (Lipinski definition) is 3. The highest BCUT2D eigenvalue weighted by Gasteiger charge is 2.31. The topological polar surface area (TPSA) is 49.4 Å². The third-order valence-electron chi connectivity index (χ3n) is 2.86. The average molecular weight is 234 g/mol. The number of piperidine rings is 1. The van der Waals surface area contributed by atoms with Crippen molar-refractivity contribution in [3.05, 3.63) is 0 Å². The van der Waals surface area contributed by atoms with Crippen LogP contribution in [-0.4, -0.2) is 44.2 Å². The highest BCUT2D eigenvalue weighted by atomic mass is 32.2. The molecule has 1 unspecified atom stereocenters. The van der Waals surface area contributed by atoms with Crippen molar-refractivity contribution in [1.29, 1.82) is 0 Å². The van der Waals surface area contributed by atoms with Crippen LogP contribution >= 0.6 is 0 Å². The first kappa shape index (κ1) is 12.9. The van der Waals surface area contributed by atoms with Crippen LogP contribution in [0.5, 0.6) is 0 Å². The lowest BCUT2D eigenvalue weighted by atomic mass is 10.2. The zero-order valence-electron chi connectivity index (χ0n) is 9.70. The van der Waals surface area contributed by atoms with Crippen LogP contribution in [0.3, 0.4) is 0 Å². The van der Waals surface area contributed by atoms with E-state index >= 15 is 0 Å². The molecule has 1 aliphatic heterocycles. The molecule has 0 bridgehead atoms. The molecule has 1 fully saturated rings. The largest absolute Gasteiger partial charge is 0.315 e. The maximum absolute atomic E-state index is 12.2. The van der Waals surface area contributed by atoms with Crippen LogP contribution in [0.4, 0.5) is 0 Å². The molecular weight excluding hydrogens is 212 g/mol. The third-order valence-corrected chi connectivity index (χ3v) is 5.26. The van der Waals surface area contributed by atoms with E-state index in [0.29, 0.717) is 19.6 Å². The zero-order valence-corrected chi connectivity index (χ0v) is 10.5. The molecule has 4 nitrogen and oxygen atoms in total. The predicted octanol–water partition coefficient (Wildman–Crippen LogP) is 0.800. The van der Waals surface area contributed by atoms with Crippen molar-refractivity contribution in [2.24, 2.45) is 0 Å². The zero-order chi connectivity index (χ0) is 11.3. The van der Waals surface area contributed by atoms with E-state index < -0.39 is 10.0 Å². The third kappa shape index (κ3) is 3.16. The van der Waals surface area contributed by atoms with Crippen LogP contribution in [0.2, 0.25) is 0 Å². The van der Waals surface area contributed by atoms with E-state index in [1.807, 2.05) is 13.8 Å². The Morgan fingerprint density at radius 1 is 1.40 bits per heavy atom. The van der Waals surface area contributed by atoms with Crippen molar-refractivity contribution in [3.63, 3.8) is 0 Å². The molecule has 1 N–H and O–H groups in total. The van der Waals surface area contributed by atoms with Gasteiger partial charge in [0.1, 0.15) is 0 Å². The summed E-state index contributed by atoms with van der Waals surface area (Å²) >= 11 is 0. The summed E-state index contributed by atoms with van der Waals surface area (Å²) in [7, 11) is -3.07. The average Bonchev–Trinajstić information content (AvgIpc) is 2.27. The Labute approximate surface area is 93.1 Å². The Kier molecular flexibility index (Phi) is 5.02. The van der Waals surface area contributed by atoms with E-state index in [4.69, 9.17) is 0 Å². The molecule has 0 aromatic heterocycles. The maximum atomic E-state index is 12.2. The van der Waals surface area contributed by atoms with Crippen LogP contribution in [-0.2, 0) is 10.0 Å². The van der Waals surface area contributed by atoms with E-state index in [-0.39, 0.29) is 5.25 Å². The lowest BCUT2D eigenvalue weighted by Gasteiger charge is -2.29. The minimum atomic E-state index is -3.07. The molecule has 1 heterocycles. The Balaban J connectivity index is 2.69. The minimum Gasteiger partial charge on any atom is -0.315 e. The fraction of sp³-hybridized carbons (Fsp3) is 1.00. The van der Waals surface area contributed by atoms with Gasteiger partial charge in [-0.3, -0.25) is 0 Å². The van der Waals surface area contributed by atoms with Gasteiger partial charge in [0.15, 0.2) is 0 Å². The Hall–Kier alpha value is -0.130. The van der Waals surface area contributed by atoms with Gasteiger partial charge in [-0.1, -0.05) is 13.8 Å². The van der Waals surface area contributed by atoms with E-state index in [1.165, 1.54) is 0 Å². The number of hydrogen-bond donors (Lipinski definition) is 1. The van der Waals surface area contributed by atoms with Gasteiger partial charge in [0.2, 0.25) is 10.0 Å². The van der Waals surface area contributed by atoms with E-state index in [2.05, 4.69) is 5.32 Å². The maximum Gasteiger partial charge on any atom is 0.218 e. The standard InChI is InChI=1S/C10H22N2O2S/c1-3-8-12(4-2)15(13,14)10-6-5-7-11-9-10/h10-11H,3-9H2,1-2H3. The second kappa shape index (κ2) is 5.82. The summed E-state index contributed by atoms with van der Waals surface area (Å²) in [5.74, 6) is 0. The first-order valence-corrected chi connectivity index (χ1v) is 7.33. The quantitative estimate of drug-likeness (QED) is 0.765. The summed E-state index contributed by atoms with van der Waals surface area (Å²) in [6.07, 6.45) is 2.65. The van der Waals surface area contributed by atoms with Crippen LogP contribution in [0, 0.1) is 0 Å². The van der Waals surface area contributed by atoms with Crippen LogP contribution < -0.4 is 5.32 Å². The smallest absolute Gasteiger partial charge is 0.218 e. The molecular formula is C10H22N2O2S. The summed E-state index contributed by atoms with van der Waals surface area (Å²) in [5, 5.41) is 2.95. The molecule has 1 atom stereocenters. The molecule has 90 valence electrons. The van der Waals surface area contributed by atoms with Crippen molar-refractivity contribution in [3.8, 4) is 0 Å². The van der Waals surface area contributed by atoms with Gasteiger partial charge in [-0.15, -0.1) is 0 Å². The molecule has 0 spiro atoms. The lowest BCUT2D eigenvalue weighted by molar-refractivity contribution is 0.402. The molecule has 0 radical (unpaired) electrons. The molecule has 15 heavy (non-hydrogen) atoms. The summed E-state index contributed by atoms with van der Waals surface area (Å²) < 4.78 is 26.0. The van der Waals surface area contributed by atoms with Crippen molar-refractivity contribution >= 4 is 10.0 Å². The van der Waals surface area contributed by atoms with Gasteiger partial charge in [0.05, 0.1) is 5.25 Å². The number of rotatable bonds is 5. The number of nitrogens with one attached hydrogen (secondary N) is 1. The highest BCUT2D eigenvalue weighted by Crippen LogP contribution is 2.16. The fourth-order valence-electron chi connectivity index (χ4n) is 2.00. The van der Waals surface area contributed by atoms with Crippen LogP contribution in [0.15, 0.2) is 0 Å². The Morgan fingerprint density at radius 2 is 2.13 bits per heavy atom. The number of nitrogens with zero attached hydrogens (tertiary/aromatic N) is 1. The summed E-state index contributed by atoms with van der Waals surface area (Å²) in [6.45, 7) is 6.72. The van der Waals surface area contributed by atoms with E-state index in [9.17, 15) is 8.42 Å². The van der Waals surface area contributed by atoms with Gasteiger partial charge in [0, 0.05) is 19.6 Å². The molecule has 0 saturated carbocycles. The van der Waals surface area contributed by atoms with Gasteiger partial charge in [0.25, 0.3) is 0 Å². The van der Waals surface area contributed by atoms with Crippen molar-refractivity contribution in [2.75, 3.05) is 26.2 Å². The highest BCUT2D eigenvalue weighted by molar-refractivity contribution is 7.89. The van der Waals surface area contributed by atoms with Gasteiger partial charge in [-0.05, 0) is 25.8 Å². The monoisotopic (exact) mass is 234 g/mol. The first-order chi connectivity index (χ1) is 7.12. The lowest BCUT2D eigenvalue weighted by Crippen LogP contribution is -2.46. The van der Waals surface area contributed by atoms with Gasteiger partial charge in [-0.25, -0.2) is 12.7 Å². The molecule has 0 aromatic carbocycles. The molecule has 0 aromatic rings. The summed E-state index contributed by atoms with van der Waals surface area (Å²) in [4.78, 5) is 0. The number of sulfonamides is 1. The van der Waals surface area contributed by atoms with Crippen LogP contribution in [0.1, 0.15) is 33.1 Å². The SMILES string of the molecule is CCCN(CC)S(=O)(=O)C1CCCNC1. The second-order valence-electron chi connectivity index (χ2n) is 4.00. The summed E-state index contributed by atoms with van der Waals surface area (Å²) in [6, 6.07) is 0. The fourth-order valence-corrected chi connectivity index (χ4v) is 4.01. The molecule has 0 amide bonds. The normalized spacial score (nSPS) is 23.3. The molecule has 1 rings (SSSR count). The Bertz CT molecular complexity index is 260. The van der Waals surface area contributed by atoms with Crippen molar-refractivity contribution in [2.45, 2.75) is 38.4 Å². The molecule has 5 heteroatoms. The van der Waals surface area contributed by atoms with E-state index in [0.717, 1.165) is 25.8 Å². The first-order valence-electron chi connectivity index (χ1n) is 5.82. The molecule has 1 saturated heterocycles. The van der Waals surface area contributed by atoms with Crippen molar-refractivity contribution < 1.29 is 8.42 Å². The minimum absolute atomic E-state index is 0.210. The van der Waals surface area contributed by atoms with Gasteiger partial charge < -0.3 is 5.32 Å². The summed E-state index contributed by atoms with van der Waals surface area (Å²) in [5.41, 5.74) is 0.